The minimum Gasteiger partial charge on any atom is -0.368 e. The van der Waals surface area contributed by atoms with Crippen molar-refractivity contribution in [3.63, 3.8) is 0 Å². The Labute approximate surface area is 167 Å². The highest BCUT2D eigenvalue weighted by atomic mass is 19.1. The van der Waals surface area contributed by atoms with Gasteiger partial charge in [0.1, 0.15) is 11.5 Å². The maximum absolute atomic E-state index is 13.8. The van der Waals surface area contributed by atoms with Crippen LogP contribution in [-0.4, -0.2) is 29.9 Å². The van der Waals surface area contributed by atoms with Crippen LogP contribution < -0.4 is 5.73 Å². The molecular weight excluding hydrogens is 369 g/mol. The Balaban J connectivity index is 1.64. The third-order valence-corrected chi connectivity index (χ3v) is 4.43. The molecular formula is C21H20FN7. The molecule has 0 fully saturated rings. The number of aromatic nitrogens is 6. The number of anilines is 1. The number of aryl methyl sites for hydroxylation is 2. The van der Waals surface area contributed by atoms with Crippen LogP contribution in [0.15, 0.2) is 48.7 Å². The van der Waals surface area contributed by atoms with Crippen LogP contribution in [0.1, 0.15) is 23.9 Å². The summed E-state index contributed by atoms with van der Waals surface area (Å²) in [5.74, 6) is -0.238. The molecule has 4 aromatic rings. The van der Waals surface area contributed by atoms with Crippen LogP contribution in [0.4, 0.5) is 10.3 Å². The molecule has 29 heavy (non-hydrogen) atoms. The zero-order valence-corrected chi connectivity index (χ0v) is 16.2. The molecule has 0 atom stereocenters. The standard InChI is InChI=1S/C21H20FN7/c1-3-16-5-4-6-17(24-16)11-29-12-20(27-28-29)19-10-18(25-21(23)26-19)14-7-13(2)8-15(22)9-14/h4-10,12H,3,11H2,1-2H3,(H2,23,25,26). The summed E-state index contributed by atoms with van der Waals surface area (Å²) in [6.07, 6.45) is 2.65. The monoisotopic (exact) mass is 389 g/mol. The van der Waals surface area contributed by atoms with Crippen LogP contribution >= 0.6 is 0 Å². The lowest BCUT2D eigenvalue weighted by molar-refractivity contribution is 0.627. The van der Waals surface area contributed by atoms with Gasteiger partial charge in [0.15, 0.2) is 0 Å². The normalized spacial score (nSPS) is 11.0. The summed E-state index contributed by atoms with van der Waals surface area (Å²) in [5.41, 5.74) is 10.9. The molecule has 0 spiro atoms. The second kappa shape index (κ2) is 7.75. The molecule has 4 rings (SSSR count). The summed E-state index contributed by atoms with van der Waals surface area (Å²) in [6, 6.07) is 12.4. The molecule has 0 radical (unpaired) electrons. The van der Waals surface area contributed by atoms with E-state index in [-0.39, 0.29) is 11.8 Å². The Hall–Kier alpha value is -3.68. The highest BCUT2D eigenvalue weighted by Gasteiger charge is 2.12. The van der Waals surface area contributed by atoms with E-state index in [9.17, 15) is 4.39 Å². The van der Waals surface area contributed by atoms with E-state index in [1.54, 1.807) is 16.9 Å². The lowest BCUT2D eigenvalue weighted by Gasteiger charge is -2.06. The van der Waals surface area contributed by atoms with Crippen molar-refractivity contribution in [3.05, 3.63) is 71.4 Å². The molecule has 1 aromatic carbocycles. The predicted octanol–water partition coefficient (Wildman–Crippen LogP) is 3.44. The summed E-state index contributed by atoms with van der Waals surface area (Å²) in [7, 11) is 0. The smallest absolute Gasteiger partial charge is 0.221 e. The van der Waals surface area contributed by atoms with Gasteiger partial charge in [-0.05, 0) is 55.3 Å². The molecule has 0 bridgehead atoms. The van der Waals surface area contributed by atoms with Crippen molar-refractivity contribution in [1.82, 2.24) is 29.9 Å². The first kappa shape index (κ1) is 18.7. The second-order valence-corrected chi connectivity index (χ2v) is 6.79. The molecule has 146 valence electrons. The highest BCUT2D eigenvalue weighted by Crippen LogP contribution is 2.25. The number of hydrogen-bond donors (Lipinski definition) is 1. The van der Waals surface area contributed by atoms with Crippen molar-refractivity contribution in [2.45, 2.75) is 26.8 Å². The SMILES string of the molecule is CCc1cccc(Cn2cc(-c3cc(-c4cc(C)cc(F)c4)nc(N)n3)nn2)n1. The van der Waals surface area contributed by atoms with Crippen LogP contribution in [-0.2, 0) is 13.0 Å². The average Bonchev–Trinajstić information content (AvgIpc) is 3.15. The van der Waals surface area contributed by atoms with Crippen molar-refractivity contribution >= 4 is 5.95 Å². The van der Waals surface area contributed by atoms with Crippen molar-refractivity contribution in [2.24, 2.45) is 0 Å². The Morgan fingerprint density at radius 2 is 1.76 bits per heavy atom. The molecule has 0 unspecified atom stereocenters. The Morgan fingerprint density at radius 1 is 0.966 bits per heavy atom. The lowest BCUT2D eigenvalue weighted by atomic mass is 10.1. The van der Waals surface area contributed by atoms with Crippen molar-refractivity contribution in [3.8, 4) is 22.6 Å². The van der Waals surface area contributed by atoms with Crippen LogP contribution in [0, 0.1) is 12.7 Å². The Morgan fingerprint density at radius 3 is 2.55 bits per heavy atom. The summed E-state index contributed by atoms with van der Waals surface area (Å²) in [4.78, 5) is 13.1. The maximum atomic E-state index is 13.8. The molecule has 0 aliphatic heterocycles. The fraction of sp³-hybridized carbons (Fsp3) is 0.190. The van der Waals surface area contributed by atoms with E-state index >= 15 is 0 Å². The molecule has 3 aromatic heterocycles. The molecule has 7 nitrogen and oxygen atoms in total. The third kappa shape index (κ3) is 4.26. The van der Waals surface area contributed by atoms with Crippen LogP contribution in [0.2, 0.25) is 0 Å². The van der Waals surface area contributed by atoms with E-state index in [0.717, 1.165) is 23.4 Å². The lowest BCUT2D eigenvalue weighted by Crippen LogP contribution is -2.03. The van der Waals surface area contributed by atoms with Crippen LogP contribution in [0.25, 0.3) is 22.6 Å². The maximum Gasteiger partial charge on any atom is 0.221 e. The number of pyridine rings is 1. The summed E-state index contributed by atoms with van der Waals surface area (Å²) >= 11 is 0. The van der Waals surface area contributed by atoms with Gasteiger partial charge >= 0.3 is 0 Å². The molecule has 3 heterocycles. The van der Waals surface area contributed by atoms with E-state index in [2.05, 4.69) is 32.2 Å². The van der Waals surface area contributed by atoms with Gasteiger partial charge in [-0.1, -0.05) is 18.2 Å². The van der Waals surface area contributed by atoms with Gasteiger partial charge < -0.3 is 5.73 Å². The summed E-state index contributed by atoms with van der Waals surface area (Å²) in [6.45, 7) is 4.39. The zero-order valence-electron chi connectivity index (χ0n) is 16.2. The molecule has 0 saturated carbocycles. The predicted molar refractivity (Wildman–Crippen MR) is 108 cm³/mol. The zero-order chi connectivity index (χ0) is 20.4. The number of rotatable bonds is 5. The van der Waals surface area contributed by atoms with E-state index in [1.165, 1.54) is 12.1 Å². The number of nitrogens with two attached hydrogens (primary N) is 1. The van der Waals surface area contributed by atoms with Gasteiger partial charge in [-0.15, -0.1) is 5.10 Å². The van der Waals surface area contributed by atoms with E-state index in [1.807, 2.05) is 31.2 Å². The van der Waals surface area contributed by atoms with Gasteiger partial charge in [0.2, 0.25) is 5.95 Å². The van der Waals surface area contributed by atoms with Gasteiger partial charge in [0, 0.05) is 11.3 Å². The highest BCUT2D eigenvalue weighted by molar-refractivity contribution is 5.67. The molecule has 0 amide bonds. The first-order valence-corrected chi connectivity index (χ1v) is 9.27. The number of nitrogen functional groups attached to an aromatic ring is 1. The quantitative estimate of drug-likeness (QED) is 0.562. The van der Waals surface area contributed by atoms with Gasteiger partial charge in [-0.25, -0.2) is 19.0 Å². The number of hydrogen-bond acceptors (Lipinski definition) is 6. The topological polar surface area (TPSA) is 95.4 Å². The number of nitrogens with zero attached hydrogens (tertiary/aromatic N) is 6. The Kier molecular flexibility index (Phi) is 4.99. The summed E-state index contributed by atoms with van der Waals surface area (Å²) < 4.78 is 15.5. The molecule has 8 heteroatoms. The van der Waals surface area contributed by atoms with E-state index < -0.39 is 0 Å². The molecule has 2 N–H and O–H groups in total. The first-order chi connectivity index (χ1) is 14.0. The minimum atomic E-state index is -0.327. The van der Waals surface area contributed by atoms with Gasteiger partial charge in [0.05, 0.1) is 29.8 Å². The van der Waals surface area contributed by atoms with Crippen LogP contribution in [0.3, 0.4) is 0 Å². The fourth-order valence-corrected chi connectivity index (χ4v) is 3.10. The molecule has 0 saturated heterocycles. The number of benzene rings is 1. The van der Waals surface area contributed by atoms with Crippen LogP contribution in [0.5, 0.6) is 0 Å². The fourth-order valence-electron chi connectivity index (χ4n) is 3.10. The molecule has 0 aliphatic rings. The first-order valence-electron chi connectivity index (χ1n) is 9.27. The Bertz CT molecular complexity index is 1150. The van der Waals surface area contributed by atoms with Gasteiger partial charge in [-0.2, -0.15) is 0 Å². The minimum absolute atomic E-state index is 0.0891. The van der Waals surface area contributed by atoms with Gasteiger partial charge in [-0.3, -0.25) is 4.98 Å². The van der Waals surface area contributed by atoms with E-state index in [0.29, 0.717) is 29.2 Å². The second-order valence-electron chi connectivity index (χ2n) is 6.79. The van der Waals surface area contributed by atoms with Crippen molar-refractivity contribution in [2.75, 3.05) is 5.73 Å². The van der Waals surface area contributed by atoms with Crippen molar-refractivity contribution in [1.29, 1.82) is 0 Å². The number of halogens is 1. The third-order valence-electron chi connectivity index (χ3n) is 4.43. The van der Waals surface area contributed by atoms with E-state index in [4.69, 9.17) is 5.73 Å². The largest absolute Gasteiger partial charge is 0.368 e. The molecule has 0 aliphatic carbocycles. The summed E-state index contributed by atoms with van der Waals surface area (Å²) in [5, 5.41) is 8.37. The van der Waals surface area contributed by atoms with Crippen molar-refractivity contribution < 1.29 is 4.39 Å². The average molecular weight is 389 g/mol. The van der Waals surface area contributed by atoms with Gasteiger partial charge in [0.25, 0.3) is 0 Å².